The summed E-state index contributed by atoms with van der Waals surface area (Å²) in [6.07, 6.45) is 0. The molecule has 2 aromatic heterocycles. The third-order valence-electron chi connectivity index (χ3n) is 9.82. The highest BCUT2D eigenvalue weighted by molar-refractivity contribution is 6.35. The van der Waals surface area contributed by atoms with Gasteiger partial charge in [0.2, 0.25) is 0 Å². The molecule has 0 aliphatic carbocycles. The summed E-state index contributed by atoms with van der Waals surface area (Å²) in [5.41, 5.74) is 7.81. The third kappa shape index (κ3) is 4.56. The molecule has 0 N–H and O–H groups in total. The zero-order valence-corrected chi connectivity index (χ0v) is 27.1. The van der Waals surface area contributed by atoms with Crippen LogP contribution in [-0.2, 0) is 0 Å². The van der Waals surface area contributed by atoms with Crippen LogP contribution in [0.25, 0.3) is 99.2 Å². The van der Waals surface area contributed by atoms with Crippen LogP contribution in [0.5, 0.6) is 0 Å². The topological polar surface area (TPSA) is 38.7 Å². The monoisotopic (exact) mass is 635 g/mol. The number of hydrogen-bond donors (Lipinski definition) is 0. The van der Waals surface area contributed by atoms with E-state index in [0.29, 0.717) is 5.82 Å². The van der Waals surface area contributed by atoms with Crippen LogP contribution in [0.15, 0.2) is 176 Å². The van der Waals surface area contributed by atoms with Gasteiger partial charge in [-0.25, -0.2) is 15.0 Å². The number of fused-ring (bicyclic) bond motifs is 10. The largest absolute Gasteiger partial charge is 0.246 e. The highest BCUT2D eigenvalue weighted by atomic mass is 14.9. The van der Waals surface area contributed by atoms with E-state index in [-0.39, 0.29) is 0 Å². The zero-order chi connectivity index (χ0) is 33.0. The minimum Gasteiger partial charge on any atom is -0.246 e. The Hall–Kier alpha value is -6.71. The lowest BCUT2D eigenvalue weighted by atomic mass is 9.90. The molecule has 3 nitrogen and oxygen atoms in total. The van der Waals surface area contributed by atoms with Gasteiger partial charge in [-0.1, -0.05) is 164 Å². The Labute approximate surface area is 289 Å². The maximum atomic E-state index is 5.63. The van der Waals surface area contributed by atoms with Crippen molar-refractivity contribution in [2.75, 3.05) is 0 Å². The van der Waals surface area contributed by atoms with Crippen molar-refractivity contribution < 1.29 is 0 Å². The van der Waals surface area contributed by atoms with Gasteiger partial charge in [0.15, 0.2) is 5.82 Å². The number of nitrogens with zero attached hydrogens (tertiary/aromatic N) is 3. The van der Waals surface area contributed by atoms with Gasteiger partial charge in [-0.15, -0.1) is 0 Å². The molecular weight excluding hydrogens is 607 g/mol. The Morgan fingerprint density at radius 3 is 1.50 bits per heavy atom. The molecule has 3 heteroatoms. The van der Waals surface area contributed by atoms with Gasteiger partial charge in [0.1, 0.15) is 0 Å². The quantitative estimate of drug-likeness (QED) is 0.181. The molecule has 10 rings (SSSR count). The maximum Gasteiger partial charge on any atom is 0.160 e. The van der Waals surface area contributed by atoms with Crippen LogP contribution in [0.4, 0.5) is 0 Å². The smallest absolute Gasteiger partial charge is 0.160 e. The molecule has 0 saturated heterocycles. The van der Waals surface area contributed by atoms with Crippen LogP contribution in [-0.4, -0.2) is 15.0 Å². The molecule has 2 heterocycles. The summed E-state index contributed by atoms with van der Waals surface area (Å²) < 4.78 is 0. The van der Waals surface area contributed by atoms with Crippen molar-refractivity contribution in [3.05, 3.63) is 176 Å². The summed E-state index contributed by atoms with van der Waals surface area (Å²) in [6, 6.07) is 61.9. The van der Waals surface area contributed by atoms with Crippen molar-refractivity contribution >= 4 is 54.0 Å². The van der Waals surface area contributed by atoms with Gasteiger partial charge >= 0.3 is 0 Å². The number of pyridine rings is 1. The number of aromatic nitrogens is 3. The first-order valence-electron chi connectivity index (χ1n) is 17.0. The maximum absolute atomic E-state index is 5.63. The molecule has 0 bridgehead atoms. The van der Waals surface area contributed by atoms with Gasteiger partial charge in [-0.3, -0.25) is 0 Å². The number of rotatable bonds is 4. The zero-order valence-electron chi connectivity index (χ0n) is 27.1. The van der Waals surface area contributed by atoms with Crippen molar-refractivity contribution in [3.63, 3.8) is 0 Å². The van der Waals surface area contributed by atoms with E-state index in [9.17, 15) is 0 Å². The average Bonchev–Trinajstić information content (AvgIpc) is 3.20. The highest BCUT2D eigenvalue weighted by Crippen LogP contribution is 2.43. The van der Waals surface area contributed by atoms with E-state index in [1.807, 2.05) is 36.4 Å². The van der Waals surface area contributed by atoms with E-state index in [0.717, 1.165) is 50.2 Å². The molecule has 8 aromatic carbocycles. The fourth-order valence-electron chi connectivity index (χ4n) is 7.52. The predicted octanol–water partition coefficient (Wildman–Crippen LogP) is 12.3. The van der Waals surface area contributed by atoms with Crippen LogP contribution in [0.2, 0.25) is 0 Å². The van der Waals surface area contributed by atoms with Crippen LogP contribution in [0.3, 0.4) is 0 Å². The summed E-state index contributed by atoms with van der Waals surface area (Å²) in [5, 5.41) is 10.8. The van der Waals surface area contributed by atoms with Crippen molar-refractivity contribution in [3.8, 4) is 45.2 Å². The second kappa shape index (κ2) is 11.5. The van der Waals surface area contributed by atoms with Gasteiger partial charge in [-0.05, 0) is 44.5 Å². The molecule has 0 spiro atoms. The van der Waals surface area contributed by atoms with Gasteiger partial charge in [-0.2, -0.15) is 0 Å². The molecule has 10 aromatic rings. The lowest BCUT2D eigenvalue weighted by Gasteiger charge is -2.17. The first-order valence-corrected chi connectivity index (χ1v) is 17.0. The second-order valence-corrected chi connectivity index (χ2v) is 12.8. The van der Waals surface area contributed by atoms with Crippen LogP contribution >= 0.6 is 0 Å². The molecule has 0 aliphatic rings. The van der Waals surface area contributed by atoms with E-state index in [4.69, 9.17) is 15.0 Å². The Morgan fingerprint density at radius 2 is 0.800 bits per heavy atom. The first-order chi connectivity index (χ1) is 24.8. The molecule has 0 unspecified atom stereocenters. The Balaban J connectivity index is 1.26. The highest BCUT2D eigenvalue weighted by Gasteiger charge is 2.19. The number of hydrogen-bond acceptors (Lipinski definition) is 3. The Kier molecular flexibility index (Phi) is 6.49. The van der Waals surface area contributed by atoms with Crippen LogP contribution < -0.4 is 0 Å². The molecule has 0 saturated carbocycles. The normalized spacial score (nSPS) is 11.6. The minimum absolute atomic E-state index is 0.680. The minimum atomic E-state index is 0.680. The summed E-state index contributed by atoms with van der Waals surface area (Å²) in [6.45, 7) is 0. The van der Waals surface area contributed by atoms with E-state index in [2.05, 4.69) is 140 Å². The molecule has 0 amide bonds. The molecule has 0 radical (unpaired) electrons. The van der Waals surface area contributed by atoms with Crippen molar-refractivity contribution in [2.45, 2.75) is 0 Å². The summed E-state index contributed by atoms with van der Waals surface area (Å²) in [7, 11) is 0. The van der Waals surface area contributed by atoms with E-state index in [1.54, 1.807) is 0 Å². The van der Waals surface area contributed by atoms with Gasteiger partial charge < -0.3 is 0 Å². The first kappa shape index (κ1) is 28.3. The van der Waals surface area contributed by atoms with Crippen molar-refractivity contribution in [2.24, 2.45) is 0 Å². The van der Waals surface area contributed by atoms with Gasteiger partial charge in [0, 0.05) is 38.4 Å². The van der Waals surface area contributed by atoms with E-state index >= 15 is 0 Å². The van der Waals surface area contributed by atoms with E-state index in [1.165, 1.54) is 43.1 Å². The molecule has 232 valence electrons. The molecule has 0 fully saturated rings. The number of benzene rings is 8. The van der Waals surface area contributed by atoms with Crippen LogP contribution in [0.1, 0.15) is 0 Å². The molecule has 50 heavy (non-hydrogen) atoms. The second-order valence-electron chi connectivity index (χ2n) is 12.8. The van der Waals surface area contributed by atoms with Crippen molar-refractivity contribution in [1.29, 1.82) is 0 Å². The Morgan fingerprint density at radius 1 is 0.300 bits per heavy atom. The summed E-state index contributed by atoms with van der Waals surface area (Å²) in [4.78, 5) is 15.9. The SMILES string of the molecule is c1ccc(-c2cc(-c3ccccc3)nc(-c3cccc(-c4nc5c6c7ccccc7ccc6c6ccccc6c5c5ccccc45)c3)n2)cc1. The predicted molar refractivity (Wildman–Crippen MR) is 209 cm³/mol. The fraction of sp³-hybridized carbons (Fsp3) is 0. The third-order valence-corrected chi connectivity index (χ3v) is 9.82. The molecular formula is C47H29N3. The van der Waals surface area contributed by atoms with Crippen molar-refractivity contribution in [1.82, 2.24) is 15.0 Å². The molecule has 0 atom stereocenters. The van der Waals surface area contributed by atoms with Gasteiger partial charge in [0.05, 0.1) is 22.6 Å². The summed E-state index contributed by atoms with van der Waals surface area (Å²) in [5.74, 6) is 0.680. The molecule has 0 aliphatic heterocycles. The lowest BCUT2D eigenvalue weighted by molar-refractivity contribution is 1.18. The lowest BCUT2D eigenvalue weighted by Crippen LogP contribution is -1.97. The fourth-order valence-corrected chi connectivity index (χ4v) is 7.52. The Bertz CT molecular complexity index is 2840. The average molecular weight is 636 g/mol. The van der Waals surface area contributed by atoms with Crippen LogP contribution in [0, 0.1) is 0 Å². The van der Waals surface area contributed by atoms with Gasteiger partial charge in [0.25, 0.3) is 0 Å². The van der Waals surface area contributed by atoms with E-state index < -0.39 is 0 Å². The standard InChI is InChI=1S/C47H29N3/c1-3-15-31(16-4-1)41-29-42(32-17-5-2-6-18-32)49-47(48-41)34-20-13-19-33(28-34)45-40-25-12-11-24-38(40)44-37-23-10-9-22-36(37)39-27-26-30-14-7-8-21-35(30)43(39)46(44)50-45/h1-29H. The summed E-state index contributed by atoms with van der Waals surface area (Å²) >= 11 is 0.